The summed E-state index contributed by atoms with van der Waals surface area (Å²) >= 11 is 0. The largest absolute Gasteiger partial charge is 0.472 e. The van der Waals surface area contributed by atoms with Gasteiger partial charge in [-0.2, -0.15) is 13.2 Å². The highest BCUT2D eigenvalue weighted by Gasteiger charge is 2.62. The number of ether oxygens (including phenoxy) is 2. The lowest BCUT2D eigenvalue weighted by molar-refractivity contribution is -0.244. The molecule has 2 aliphatic carbocycles. The number of nitrogens with zero attached hydrogens (tertiary/aromatic N) is 2. The number of fused-ring (bicyclic) bond motifs is 3. The van der Waals surface area contributed by atoms with Gasteiger partial charge in [0.05, 0.1) is 11.8 Å². The van der Waals surface area contributed by atoms with E-state index in [1.165, 1.54) is 4.90 Å². The molecule has 13 nitrogen and oxygen atoms in total. The summed E-state index contributed by atoms with van der Waals surface area (Å²) < 4.78 is 79.9. The Morgan fingerprint density at radius 1 is 1.06 bits per heavy atom. The Morgan fingerprint density at radius 3 is 2.48 bits per heavy atom. The summed E-state index contributed by atoms with van der Waals surface area (Å²) in [5.74, 6) is -3.31. The summed E-state index contributed by atoms with van der Waals surface area (Å²) in [5.41, 5.74) is -4.48. The van der Waals surface area contributed by atoms with Crippen LogP contribution in [0.3, 0.4) is 0 Å². The van der Waals surface area contributed by atoms with Gasteiger partial charge in [0.2, 0.25) is 33.3 Å². The molecule has 6 rings (SSSR count). The predicted molar refractivity (Wildman–Crippen MR) is 190 cm³/mol. The molecule has 54 heavy (non-hydrogen) atoms. The van der Waals surface area contributed by atoms with Gasteiger partial charge in [0, 0.05) is 23.9 Å². The van der Waals surface area contributed by atoms with E-state index in [0.717, 1.165) is 5.39 Å². The zero-order valence-electron chi connectivity index (χ0n) is 30.5. The summed E-state index contributed by atoms with van der Waals surface area (Å²) in [4.78, 5) is 61.3. The normalized spacial score (nSPS) is 30.2. The Hall–Kier alpha value is -4.41. The highest BCUT2D eigenvalue weighted by atomic mass is 32.2. The molecule has 1 aromatic heterocycles. The number of benzene rings is 1. The Labute approximate surface area is 311 Å². The van der Waals surface area contributed by atoms with E-state index in [0.29, 0.717) is 51.3 Å². The minimum absolute atomic E-state index is 0.0203. The topological polar surface area (TPSA) is 173 Å². The zero-order valence-corrected chi connectivity index (χ0v) is 31.3. The molecule has 7 atom stereocenters. The molecule has 2 aliphatic heterocycles. The summed E-state index contributed by atoms with van der Waals surface area (Å²) in [6.45, 7) is 4.85. The molecule has 2 saturated carbocycles. The monoisotopic (exact) mass is 777 g/mol. The van der Waals surface area contributed by atoms with Crippen molar-refractivity contribution in [2.45, 2.75) is 113 Å². The SMILES string of the molecule is C[C@@H]1CC/C=C/[C@@H]2C[C@@]2(C(=O)NS(=O)(=O)C2CC2)NC(=O)[C@@H]2C[C@@H](Oc3nccc4ccccc34)CN2C(=O)[C@@H](NC(=O)OC(C)(C)C(F)(F)F)[C@H](C)C1. The number of alkyl halides is 3. The first-order chi connectivity index (χ1) is 25.3. The van der Waals surface area contributed by atoms with E-state index in [-0.39, 0.29) is 31.2 Å². The smallest absolute Gasteiger partial charge is 0.427 e. The standard InChI is InChI=1S/C37H46F3N5O8S/c1-21-9-5-7-11-24-19-36(24,33(48)44-54(50,51)26-13-14-26)43-30(46)28-18-25(52-31-27-12-8-6-10-23(27)15-16-41-31)20-45(28)32(47)29(22(2)17-21)42-34(49)53-35(3,4)37(38,39)40/h6-8,10-12,15-16,21-22,24-26,28-29H,5,9,13-14,17-20H2,1-4H3,(H,42,49)(H,43,46)(H,44,48)/b11-7+/t21-,22-,24-,25-,28+,29+,36-/m1/s1. The molecule has 2 aromatic rings. The third-order valence-corrected chi connectivity index (χ3v) is 12.7. The second-order valence-corrected chi connectivity index (χ2v) is 17.6. The number of carbonyl (C=O) groups excluding carboxylic acids is 4. The van der Waals surface area contributed by atoms with Gasteiger partial charge < -0.3 is 25.0 Å². The maximum absolute atomic E-state index is 14.6. The molecule has 0 radical (unpaired) electrons. The van der Waals surface area contributed by atoms with Crippen LogP contribution in [0.5, 0.6) is 5.88 Å². The Kier molecular flexibility index (Phi) is 10.7. The summed E-state index contributed by atoms with van der Waals surface area (Å²) in [7, 11) is -3.96. The van der Waals surface area contributed by atoms with Crippen LogP contribution >= 0.6 is 0 Å². The lowest BCUT2D eigenvalue weighted by Gasteiger charge is -2.34. The van der Waals surface area contributed by atoms with Crippen molar-refractivity contribution in [2.24, 2.45) is 17.8 Å². The van der Waals surface area contributed by atoms with Crippen molar-refractivity contribution in [1.82, 2.24) is 25.2 Å². The molecule has 0 bridgehead atoms. The number of sulfonamides is 1. The molecule has 0 unspecified atom stereocenters. The van der Waals surface area contributed by atoms with E-state index in [2.05, 4.69) is 20.3 Å². The van der Waals surface area contributed by atoms with Crippen LogP contribution in [0.2, 0.25) is 0 Å². The number of pyridine rings is 1. The lowest BCUT2D eigenvalue weighted by atomic mass is 9.88. The van der Waals surface area contributed by atoms with Gasteiger partial charge in [-0.15, -0.1) is 0 Å². The van der Waals surface area contributed by atoms with E-state index in [1.807, 2.05) is 25.1 Å². The number of nitrogens with one attached hydrogen (secondary N) is 3. The average molecular weight is 778 g/mol. The van der Waals surface area contributed by atoms with Crippen LogP contribution in [-0.2, 0) is 29.1 Å². The quantitative estimate of drug-likeness (QED) is 0.342. The van der Waals surface area contributed by atoms with E-state index in [4.69, 9.17) is 9.47 Å². The van der Waals surface area contributed by atoms with Crippen molar-refractivity contribution < 1.29 is 50.2 Å². The van der Waals surface area contributed by atoms with Crippen LogP contribution in [0.15, 0.2) is 48.7 Å². The second-order valence-electron chi connectivity index (χ2n) is 15.6. The van der Waals surface area contributed by atoms with Crippen molar-refractivity contribution >= 4 is 44.6 Å². The third kappa shape index (κ3) is 8.30. The molecule has 1 aromatic carbocycles. The second kappa shape index (κ2) is 14.7. The first-order valence-corrected chi connectivity index (χ1v) is 19.8. The minimum atomic E-state index is -4.90. The fourth-order valence-corrected chi connectivity index (χ4v) is 8.65. The number of rotatable bonds is 7. The molecule has 4 aliphatic rings. The number of allylic oxidation sites excluding steroid dienone is 1. The lowest BCUT2D eigenvalue weighted by Crippen LogP contribution is -2.59. The highest BCUT2D eigenvalue weighted by Crippen LogP contribution is 2.46. The van der Waals surface area contributed by atoms with E-state index < -0.39 is 86.4 Å². The van der Waals surface area contributed by atoms with E-state index >= 15 is 0 Å². The fourth-order valence-electron chi connectivity index (χ4n) is 7.29. The number of amides is 4. The molecule has 3 heterocycles. The highest BCUT2D eigenvalue weighted by molar-refractivity contribution is 7.91. The van der Waals surface area contributed by atoms with Gasteiger partial charge >= 0.3 is 12.3 Å². The van der Waals surface area contributed by atoms with Gasteiger partial charge in [-0.25, -0.2) is 18.2 Å². The minimum Gasteiger partial charge on any atom is -0.472 e. The van der Waals surface area contributed by atoms with Crippen LogP contribution in [0.25, 0.3) is 10.8 Å². The first kappa shape index (κ1) is 39.3. The van der Waals surface area contributed by atoms with E-state index in [1.54, 1.807) is 37.4 Å². The number of hydrogen-bond donors (Lipinski definition) is 3. The number of aromatic nitrogens is 1. The maximum atomic E-state index is 14.6. The molecular formula is C37H46F3N5O8S. The number of alkyl carbamates (subject to hydrolysis) is 1. The zero-order chi connectivity index (χ0) is 39.2. The first-order valence-electron chi connectivity index (χ1n) is 18.2. The fraction of sp³-hybridized carbons (Fsp3) is 0.595. The molecule has 17 heteroatoms. The Morgan fingerprint density at radius 2 is 1.78 bits per heavy atom. The Balaban J connectivity index is 1.34. The van der Waals surface area contributed by atoms with Gasteiger partial charge in [0.1, 0.15) is 23.7 Å². The molecule has 0 spiro atoms. The van der Waals surface area contributed by atoms with Crippen molar-refractivity contribution in [3.63, 3.8) is 0 Å². The maximum Gasteiger partial charge on any atom is 0.427 e. The molecule has 4 amide bonds. The van der Waals surface area contributed by atoms with Crippen LogP contribution < -0.4 is 20.1 Å². The molecular weight excluding hydrogens is 731 g/mol. The van der Waals surface area contributed by atoms with E-state index in [9.17, 15) is 40.8 Å². The molecule has 3 N–H and O–H groups in total. The molecule has 3 fully saturated rings. The summed E-state index contributed by atoms with van der Waals surface area (Å²) in [5, 5.41) is 5.98. The van der Waals surface area contributed by atoms with Crippen molar-refractivity contribution in [2.75, 3.05) is 6.54 Å². The van der Waals surface area contributed by atoms with Gasteiger partial charge in [0.25, 0.3) is 5.91 Å². The average Bonchev–Trinajstić information content (AvgIpc) is 4.01. The van der Waals surface area contributed by atoms with Gasteiger partial charge in [0.15, 0.2) is 0 Å². The van der Waals surface area contributed by atoms with Crippen LogP contribution in [-0.4, -0.2) is 89.4 Å². The van der Waals surface area contributed by atoms with Crippen molar-refractivity contribution in [1.29, 1.82) is 0 Å². The molecule has 1 saturated heterocycles. The van der Waals surface area contributed by atoms with Crippen molar-refractivity contribution in [3.05, 3.63) is 48.7 Å². The third-order valence-electron chi connectivity index (χ3n) is 10.8. The summed E-state index contributed by atoms with van der Waals surface area (Å²) in [6, 6.07) is 6.42. The Bertz CT molecular complexity index is 1930. The van der Waals surface area contributed by atoms with Gasteiger partial charge in [-0.05, 0) is 81.7 Å². The number of carbonyl (C=O) groups is 4. The van der Waals surface area contributed by atoms with Crippen LogP contribution in [0.1, 0.15) is 72.6 Å². The summed E-state index contributed by atoms with van der Waals surface area (Å²) in [6.07, 6.45) is 0.482. The van der Waals surface area contributed by atoms with Crippen LogP contribution in [0, 0.1) is 17.8 Å². The molecule has 294 valence electrons. The van der Waals surface area contributed by atoms with Gasteiger partial charge in [-0.3, -0.25) is 19.1 Å². The van der Waals surface area contributed by atoms with Crippen molar-refractivity contribution in [3.8, 4) is 5.88 Å². The predicted octanol–water partition coefficient (Wildman–Crippen LogP) is 4.51. The number of halogens is 3. The number of hydrogen-bond acceptors (Lipinski definition) is 9. The van der Waals surface area contributed by atoms with Crippen LogP contribution in [0.4, 0.5) is 18.0 Å². The van der Waals surface area contributed by atoms with Gasteiger partial charge in [-0.1, -0.05) is 44.2 Å².